The fourth-order valence-corrected chi connectivity index (χ4v) is 2.34. The minimum atomic E-state index is -1.42. The first-order valence-corrected chi connectivity index (χ1v) is 6.99. The van der Waals surface area contributed by atoms with Crippen LogP contribution in [-0.4, -0.2) is 30.1 Å². The molecule has 0 saturated heterocycles. The number of nitrogens with two attached hydrogens (primary N) is 1. The molecule has 0 spiro atoms. The van der Waals surface area contributed by atoms with Crippen LogP contribution in [0.25, 0.3) is 0 Å². The van der Waals surface area contributed by atoms with Gasteiger partial charge in [0.15, 0.2) is 0 Å². The molecular weight excluding hydrogens is 273 g/mol. The van der Waals surface area contributed by atoms with Gasteiger partial charge in [0, 0.05) is 18.2 Å². The molecule has 0 radical (unpaired) electrons. The average Bonchev–Trinajstić information content (AvgIpc) is 2.44. The number of amides is 2. The average molecular weight is 293 g/mol. The summed E-state index contributed by atoms with van der Waals surface area (Å²) in [6, 6.07) is 8.30. The molecule has 0 heterocycles. The first-order valence-electron chi connectivity index (χ1n) is 6.99. The summed E-state index contributed by atoms with van der Waals surface area (Å²) in [6.07, 6.45) is 0.255. The quantitative estimate of drug-likeness (QED) is 0.763. The molecule has 0 bridgehead atoms. The van der Waals surface area contributed by atoms with Crippen LogP contribution in [0.4, 0.5) is 10.1 Å². The molecule has 114 valence electrons. The van der Waals surface area contributed by atoms with Crippen molar-refractivity contribution in [2.45, 2.75) is 31.5 Å². The number of carbonyl (C=O) groups excluding carboxylic acids is 2. The normalized spacial score (nSPS) is 25.6. The van der Waals surface area contributed by atoms with Crippen molar-refractivity contribution < 1.29 is 14.0 Å². The Bertz CT molecular complexity index is 515. The monoisotopic (exact) mass is 293 g/mol. The van der Waals surface area contributed by atoms with E-state index in [4.69, 9.17) is 5.73 Å². The molecule has 1 saturated carbocycles. The van der Waals surface area contributed by atoms with Gasteiger partial charge in [0.1, 0.15) is 11.7 Å². The van der Waals surface area contributed by atoms with Crippen molar-refractivity contribution in [2.24, 2.45) is 11.7 Å². The first-order chi connectivity index (χ1) is 9.93. The second-order valence-electron chi connectivity index (χ2n) is 5.55. The summed E-state index contributed by atoms with van der Waals surface area (Å²) < 4.78 is 13.6. The van der Waals surface area contributed by atoms with Gasteiger partial charge in [-0.1, -0.05) is 18.2 Å². The second kappa shape index (κ2) is 6.22. The number of nitrogens with one attached hydrogen (secondary N) is 2. The Labute approximate surface area is 123 Å². The zero-order valence-electron chi connectivity index (χ0n) is 11.9. The van der Waals surface area contributed by atoms with E-state index in [1.807, 2.05) is 6.07 Å². The van der Waals surface area contributed by atoms with Crippen LogP contribution in [0.2, 0.25) is 0 Å². The van der Waals surface area contributed by atoms with Crippen LogP contribution in [0, 0.1) is 5.92 Å². The molecule has 6 heteroatoms. The Morgan fingerprint density at radius 2 is 2.00 bits per heavy atom. The maximum absolute atomic E-state index is 13.6. The molecule has 0 aromatic heterocycles. The maximum atomic E-state index is 13.6. The lowest BCUT2D eigenvalue weighted by Crippen LogP contribution is -2.53. The van der Waals surface area contributed by atoms with E-state index >= 15 is 0 Å². The summed E-state index contributed by atoms with van der Waals surface area (Å²) in [5, 5.41) is 5.31. The van der Waals surface area contributed by atoms with Gasteiger partial charge in [0.25, 0.3) is 0 Å². The van der Waals surface area contributed by atoms with Gasteiger partial charge in [-0.3, -0.25) is 9.59 Å². The first kappa shape index (κ1) is 15.4. The van der Waals surface area contributed by atoms with E-state index in [-0.39, 0.29) is 31.2 Å². The number of alkyl halides is 1. The van der Waals surface area contributed by atoms with Crippen molar-refractivity contribution >= 4 is 17.5 Å². The van der Waals surface area contributed by atoms with Crippen LogP contribution < -0.4 is 16.4 Å². The molecule has 2 amide bonds. The Hall–Kier alpha value is -1.95. The molecule has 4 N–H and O–H groups in total. The number of rotatable bonds is 5. The summed E-state index contributed by atoms with van der Waals surface area (Å²) in [5.41, 5.74) is 4.54. The van der Waals surface area contributed by atoms with E-state index < -0.39 is 17.6 Å². The molecule has 1 aliphatic carbocycles. The SMILES string of the molecule is CC(NC(=O)C1CC(F)(CN)C1)C(=O)Nc1ccccc1. The molecular formula is C15H20FN3O2. The summed E-state index contributed by atoms with van der Waals surface area (Å²) in [5.74, 6) is -1.00. The molecule has 21 heavy (non-hydrogen) atoms. The fourth-order valence-electron chi connectivity index (χ4n) is 2.34. The highest BCUT2D eigenvalue weighted by atomic mass is 19.1. The van der Waals surface area contributed by atoms with Gasteiger partial charge in [-0.25, -0.2) is 4.39 Å². The Morgan fingerprint density at radius 1 is 1.38 bits per heavy atom. The highest BCUT2D eigenvalue weighted by Gasteiger charge is 2.47. The minimum absolute atomic E-state index is 0.0686. The van der Waals surface area contributed by atoms with Gasteiger partial charge in [-0.15, -0.1) is 0 Å². The standard InChI is InChI=1S/C15H20FN3O2/c1-10(13(20)19-12-5-3-2-4-6-12)18-14(21)11-7-15(16,8-11)9-17/h2-6,10-11H,7-9,17H2,1H3,(H,18,21)(H,19,20). The summed E-state index contributed by atoms with van der Waals surface area (Å²) in [4.78, 5) is 23.8. The summed E-state index contributed by atoms with van der Waals surface area (Å²) in [7, 11) is 0. The molecule has 0 aliphatic heterocycles. The number of hydrogen-bond acceptors (Lipinski definition) is 3. The second-order valence-corrected chi connectivity index (χ2v) is 5.55. The highest BCUT2D eigenvalue weighted by molar-refractivity contribution is 5.97. The van der Waals surface area contributed by atoms with Crippen molar-refractivity contribution in [2.75, 3.05) is 11.9 Å². The predicted octanol–water partition coefficient (Wildman–Crippen LogP) is 1.21. The van der Waals surface area contributed by atoms with E-state index in [1.54, 1.807) is 31.2 Å². The molecule has 1 unspecified atom stereocenters. The Morgan fingerprint density at radius 3 is 2.57 bits per heavy atom. The van der Waals surface area contributed by atoms with Crippen LogP contribution in [0.15, 0.2) is 30.3 Å². The maximum Gasteiger partial charge on any atom is 0.246 e. The van der Waals surface area contributed by atoms with Gasteiger partial charge >= 0.3 is 0 Å². The van der Waals surface area contributed by atoms with Gasteiger partial charge in [0.2, 0.25) is 11.8 Å². The minimum Gasteiger partial charge on any atom is -0.344 e. The molecule has 1 aliphatic rings. The van der Waals surface area contributed by atoms with Crippen LogP contribution >= 0.6 is 0 Å². The van der Waals surface area contributed by atoms with Crippen molar-refractivity contribution in [3.63, 3.8) is 0 Å². The number of para-hydroxylation sites is 1. The zero-order chi connectivity index (χ0) is 15.5. The lowest BCUT2D eigenvalue weighted by molar-refractivity contribution is -0.136. The van der Waals surface area contributed by atoms with Crippen molar-refractivity contribution in [3.8, 4) is 0 Å². The number of halogens is 1. The molecule has 2 rings (SSSR count). The molecule has 5 nitrogen and oxygen atoms in total. The van der Waals surface area contributed by atoms with Gasteiger partial charge < -0.3 is 16.4 Å². The van der Waals surface area contributed by atoms with E-state index in [2.05, 4.69) is 10.6 Å². The third kappa shape index (κ3) is 3.78. The Kier molecular flexibility index (Phi) is 4.57. The molecule has 1 fully saturated rings. The lowest BCUT2D eigenvalue weighted by Gasteiger charge is -2.39. The van der Waals surface area contributed by atoms with Crippen molar-refractivity contribution in [3.05, 3.63) is 30.3 Å². The number of anilines is 1. The van der Waals surface area contributed by atoms with Crippen LogP contribution in [0.5, 0.6) is 0 Å². The van der Waals surface area contributed by atoms with Gasteiger partial charge in [-0.05, 0) is 31.9 Å². The third-order valence-corrected chi connectivity index (χ3v) is 3.75. The largest absolute Gasteiger partial charge is 0.344 e. The van der Waals surface area contributed by atoms with Crippen LogP contribution in [0.3, 0.4) is 0 Å². The highest BCUT2D eigenvalue weighted by Crippen LogP contribution is 2.40. The van der Waals surface area contributed by atoms with Crippen molar-refractivity contribution in [1.29, 1.82) is 0 Å². The van der Waals surface area contributed by atoms with Crippen molar-refractivity contribution in [1.82, 2.24) is 5.32 Å². The van der Waals surface area contributed by atoms with E-state index in [1.165, 1.54) is 0 Å². The lowest BCUT2D eigenvalue weighted by atomic mass is 9.72. The topological polar surface area (TPSA) is 84.2 Å². The molecule has 1 atom stereocenters. The number of benzene rings is 1. The molecule has 1 aromatic carbocycles. The van der Waals surface area contributed by atoms with Gasteiger partial charge in [-0.2, -0.15) is 0 Å². The summed E-state index contributed by atoms with van der Waals surface area (Å²) in [6.45, 7) is 1.53. The summed E-state index contributed by atoms with van der Waals surface area (Å²) >= 11 is 0. The predicted molar refractivity (Wildman–Crippen MR) is 78.3 cm³/mol. The van der Waals surface area contributed by atoms with Crippen LogP contribution in [0.1, 0.15) is 19.8 Å². The number of hydrogen-bond donors (Lipinski definition) is 3. The number of carbonyl (C=O) groups is 2. The molecule has 1 aromatic rings. The third-order valence-electron chi connectivity index (χ3n) is 3.75. The van der Waals surface area contributed by atoms with E-state index in [9.17, 15) is 14.0 Å². The Balaban J connectivity index is 1.80. The smallest absolute Gasteiger partial charge is 0.246 e. The van der Waals surface area contributed by atoms with Gasteiger partial charge in [0.05, 0.1) is 0 Å². The van der Waals surface area contributed by atoms with E-state index in [0.717, 1.165) is 0 Å². The fraction of sp³-hybridized carbons (Fsp3) is 0.467. The van der Waals surface area contributed by atoms with Crippen LogP contribution in [-0.2, 0) is 9.59 Å². The van der Waals surface area contributed by atoms with E-state index in [0.29, 0.717) is 5.69 Å². The zero-order valence-corrected chi connectivity index (χ0v) is 11.9.